The molecule has 0 aromatic heterocycles. The number of nitrogens with one attached hydrogen (secondary N) is 1. The number of ether oxygens (including phenoxy) is 1. The van der Waals surface area contributed by atoms with E-state index in [0.717, 1.165) is 12.8 Å². The number of nitrogens with zero attached hydrogens (tertiary/aromatic N) is 1. The van der Waals surface area contributed by atoms with Crippen molar-refractivity contribution in [2.24, 2.45) is 5.73 Å². The molecule has 1 rings (SSSR count). The van der Waals surface area contributed by atoms with E-state index >= 15 is 0 Å². The Kier molecular flexibility index (Phi) is 5.17. The number of hydrogen-bond donors (Lipinski definition) is 2. The fraction of sp³-hybridized carbons (Fsp3) is 0.846. The van der Waals surface area contributed by atoms with E-state index in [4.69, 9.17) is 10.5 Å². The summed E-state index contributed by atoms with van der Waals surface area (Å²) in [5, 5.41) is 2.80. The highest BCUT2D eigenvalue weighted by molar-refractivity contribution is 5.81. The zero-order valence-electron chi connectivity index (χ0n) is 12.2. The number of hydrogen-bond acceptors (Lipinski definition) is 4. The van der Waals surface area contributed by atoms with Crippen molar-refractivity contribution in [3.8, 4) is 0 Å². The van der Waals surface area contributed by atoms with Crippen molar-refractivity contribution < 1.29 is 14.3 Å². The van der Waals surface area contributed by atoms with Gasteiger partial charge in [-0.2, -0.15) is 0 Å². The second-order valence-corrected chi connectivity index (χ2v) is 6.06. The molecular weight excluding hydrogens is 246 g/mol. The number of alkyl carbamates (subject to hydrolysis) is 1. The molecule has 1 saturated heterocycles. The second kappa shape index (κ2) is 6.23. The van der Waals surface area contributed by atoms with Crippen molar-refractivity contribution in [1.29, 1.82) is 0 Å². The van der Waals surface area contributed by atoms with Crippen LogP contribution in [-0.4, -0.2) is 47.7 Å². The van der Waals surface area contributed by atoms with Gasteiger partial charge in [0.25, 0.3) is 0 Å². The lowest BCUT2D eigenvalue weighted by Crippen LogP contribution is -2.53. The van der Waals surface area contributed by atoms with Gasteiger partial charge in [0.2, 0.25) is 5.91 Å². The Balaban J connectivity index is 2.47. The minimum absolute atomic E-state index is 0.0636. The lowest BCUT2D eigenvalue weighted by molar-refractivity contribution is -0.133. The number of piperidine rings is 1. The summed E-state index contributed by atoms with van der Waals surface area (Å²) in [5.41, 5.74) is 5.08. The molecule has 2 unspecified atom stereocenters. The summed E-state index contributed by atoms with van der Waals surface area (Å²) >= 11 is 0. The Labute approximate surface area is 114 Å². The molecule has 6 nitrogen and oxygen atoms in total. The van der Waals surface area contributed by atoms with Crippen molar-refractivity contribution in [3.63, 3.8) is 0 Å². The van der Waals surface area contributed by atoms with Gasteiger partial charge in [0, 0.05) is 19.1 Å². The molecule has 1 aliphatic heterocycles. The topological polar surface area (TPSA) is 84.7 Å². The Bertz CT molecular complexity index is 337. The first-order valence-electron chi connectivity index (χ1n) is 6.73. The summed E-state index contributed by atoms with van der Waals surface area (Å²) < 4.78 is 5.21. The van der Waals surface area contributed by atoms with Crippen LogP contribution in [-0.2, 0) is 9.53 Å². The molecular formula is C13H25N3O3. The van der Waals surface area contributed by atoms with Crippen LogP contribution < -0.4 is 11.1 Å². The molecule has 19 heavy (non-hydrogen) atoms. The quantitative estimate of drug-likeness (QED) is 0.779. The number of amides is 2. The zero-order valence-corrected chi connectivity index (χ0v) is 12.2. The van der Waals surface area contributed by atoms with E-state index in [0.29, 0.717) is 13.1 Å². The van der Waals surface area contributed by atoms with Gasteiger partial charge in [-0.3, -0.25) is 4.79 Å². The molecule has 0 aliphatic carbocycles. The monoisotopic (exact) mass is 271 g/mol. The van der Waals surface area contributed by atoms with Crippen molar-refractivity contribution in [2.45, 2.75) is 58.2 Å². The second-order valence-electron chi connectivity index (χ2n) is 6.06. The number of carbonyl (C=O) groups is 2. The minimum Gasteiger partial charge on any atom is -0.444 e. The number of rotatable bonds is 2. The maximum atomic E-state index is 11.8. The third kappa shape index (κ3) is 5.46. The van der Waals surface area contributed by atoms with Gasteiger partial charge in [-0.15, -0.1) is 0 Å². The van der Waals surface area contributed by atoms with E-state index < -0.39 is 17.7 Å². The van der Waals surface area contributed by atoms with E-state index in [1.807, 2.05) is 20.8 Å². The predicted molar refractivity (Wildman–Crippen MR) is 72.6 cm³/mol. The van der Waals surface area contributed by atoms with Gasteiger partial charge in [0.15, 0.2) is 0 Å². The van der Waals surface area contributed by atoms with Crippen molar-refractivity contribution in [2.75, 3.05) is 13.1 Å². The van der Waals surface area contributed by atoms with Gasteiger partial charge in [-0.05, 0) is 40.5 Å². The Hall–Kier alpha value is -1.30. The summed E-state index contributed by atoms with van der Waals surface area (Å²) in [6.07, 6.45) is 1.27. The summed E-state index contributed by atoms with van der Waals surface area (Å²) in [6, 6.07) is -0.563. The predicted octanol–water partition coefficient (Wildman–Crippen LogP) is 0.849. The van der Waals surface area contributed by atoms with E-state index in [9.17, 15) is 9.59 Å². The zero-order chi connectivity index (χ0) is 14.6. The van der Waals surface area contributed by atoms with Crippen LogP contribution in [0.1, 0.15) is 40.5 Å². The van der Waals surface area contributed by atoms with Crippen LogP contribution in [0.5, 0.6) is 0 Å². The van der Waals surface area contributed by atoms with Crippen LogP contribution in [0.15, 0.2) is 0 Å². The smallest absolute Gasteiger partial charge is 0.407 e. The van der Waals surface area contributed by atoms with Gasteiger partial charge >= 0.3 is 6.09 Å². The van der Waals surface area contributed by atoms with Crippen LogP contribution in [0.2, 0.25) is 0 Å². The van der Waals surface area contributed by atoms with Gasteiger partial charge in [0.05, 0.1) is 6.04 Å². The fourth-order valence-corrected chi connectivity index (χ4v) is 2.06. The van der Waals surface area contributed by atoms with Gasteiger partial charge in [-0.1, -0.05) is 0 Å². The number of likely N-dealkylation sites (tertiary alicyclic amines) is 1. The van der Waals surface area contributed by atoms with Crippen molar-refractivity contribution in [3.05, 3.63) is 0 Å². The van der Waals surface area contributed by atoms with E-state index in [1.54, 1.807) is 11.8 Å². The van der Waals surface area contributed by atoms with Gasteiger partial charge in [0.1, 0.15) is 5.60 Å². The van der Waals surface area contributed by atoms with Crippen LogP contribution in [0.25, 0.3) is 0 Å². The highest BCUT2D eigenvalue weighted by Crippen LogP contribution is 2.12. The summed E-state index contributed by atoms with van der Waals surface area (Å²) in [5.74, 6) is -0.0734. The lowest BCUT2D eigenvalue weighted by Gasteiger charge is -2.34. The van der Waals surface area contributed by atoms with Crippen LogP contribution in [0.4, 0.5) is 4.79 Å². The highest BCUT2D eigenvalue weighted by Gasteiger charge is 2.27. The highest BCUT2D eigenvalue weighted by atomic mass is 16.6. The molecule has 110 valence electrons. The standard InChI is InChI=1S/C13H25N3O3/c1-9(14)11(17)16-7-5-6-10(8-16)15-12(18)19-13(2,3)4/h9-10H,5-8,14H2,1-4H3,(H,15,18). The molecule has 0 bridgehead atoms. The average Bonchev–Trinajstić information content (AvgIpc) is 2.25. The van der Waals surface area contributed by atoms with E-state index in [2.05, 4.69) is 5.32 Å². The van der Waals surface area contributed by atoms with E-state index in [-0.39, 0.29) is 11.9 Å². The van der Waals surface area contributed by atoms with Gasteiger partial charge in [-0.25, -0.2) is 4.79 Å². The minimum atomic E-state index is -0.514. The Morgan fingerprint density at radius 1 is 1.42 bits per heavy atom. The third-order valence-corrected chi connectivity index (χ3v) is 2.84. The molecule has 0 radical (unpaired) electrons. The fourth-order valence-electron chi connectivity index (χ4n) is 2.06. The first-order chi connectivity index (χ1) is 8.69. The van der Waals surface area contributed by atoms with Crippen LogP contribution in [0.3, 0.4) is 0 Å². The first kappa shape index (κ1) is 15.8. The Morgan fingerprint density at radius 2 is 2.05 bits per heavy atom. The molecule has 2 atom stereocenters. The number of carbonyl (C=O) groups excluding carboxylic acids is 2. The van der Waals surface area contributed by atoms with Crippen LogP contribution >= 0.6 is 0 Å². The molecule has 1 fully saturated rings. The Morgan fingerprint density at radius 3 is 2.58 bits per heavy atom. The molecule has 1 aliphatic rings. The van der Waals surface area contributed by atoms with Crippen LogP contribution in [0, 0.1) is 0 Å². The summed E-state index contributed by atoms with van der Waals surface area (Å²) in [4.78, 5) is 25.2. The molecule has 2 amide bonds. The largest absolute Gasteiger partial charge is 0.444 e. The number of nitrogens with two attached hydrogens (primary N) is 1. The van der Waals surface area contributed by atoms with E-state index in [1.165, 1.54) is 0 Å². The van der Waals surface area contributed by atoms with Crippen molar-refractivity contribution in [1.82, 2.24) is 10.2 Å². The lowest BCUT2D eigenvalue weighted by atomic mass is 10.1. The molecule has 6 heteroatoms. The molecule has 0 aromatic rings. The third-order valence-electron chi connectivity index (χ3n) is 2.84. The first-order valence-corrected chi connectivity index (χ1v) is 6.73. The molecule has 0 aromatic carbocycles. The average molecular weight is 271 g/mol. The molecule has 3 N–H and O–H groups in total. The molecule has 0 saturated carbocycles. The normalized spacial score (nSPS) is 21.7. The maximum absolute atomic E-state index is 11.8. The SMILES string of the molecule is CC(N)C(=O)N1CCCC(NC(=O)OC(C)(C)C)C1. The molecule has 1 heterocycles. The summed E-state index contributed by atoms with van der Waals surface area (Å²) in [7, 11) is 0. The van der Waals surface area contributed by atoms with Crippen molar-refractivity contribution >= 4 is 12.0 Å². The molecule has 0 spiro atoms. The summed E-state index contributed by atoms with van der Waals surface area (Å²) in [6.45, 7) is 8.33. The maximum Gasteiger partial charge on any atom is 0.407 e. The van der Waals surface area contributed by atoms with Gasteiger partial charge < -0.3 is 20.7 Å².